The van der Waals surface area contributed by atoms with Crippen LogP contribution in [0.3, 0.4) is 0 Å². The van der Waals surface area contributed by atoms with Gasteiger partial charge in [0.05, 0.1) is 17.2 Å². The highest BCUT2D eigenvalue weighted by atomic mass is 16.7. The molecule has 34 heavy (non-hydrogen) atoms. The SMILES string of the molecule is CCCCCCCCOCCn1c2ccc(/C(C)=N/OC(C)=O)cc2c2cc([N+](=O)[O-])ccc21. The molecule has 0 fully saturated rings. The van der Waals surface area contributed by atoms with Crippen molar-refractivity contribution in [1.82, 2.24) is 4.57 Å². The van der Waals surface area contributed by atoms with E-state index in [0.717, 1.165) is 40.4 Å². The Morgan fingerprint density at radius 1 is 0.971 bits per heavy atom. The van der Waals surface area contributed by atoms with Crippen LogP contribution in [-0.4, -0.2) is 34.4 Å². The number of rotatable bonds is 13. The second-order valence-corrected chi connectivity index (χ2v) is 8.48. The fraction of sp³-hybridized carbons (Fsp3) is 0.462. The molecule has 0 aliphatic carbocycles. The number of nitro groups is 1. The number of carbonyl (C=O) groups is 1. The molecule has 0 amide bonds. The summed E-state index contributed by atoms with van der Waals surface area (Å²) in [6.45, 7) is 7.22. The molecule has 1 heterocycles. The Morgan fingerprint density at radius 3 is 2.35 bits per heavy atom. The molecule has 1 aromatic heterocycles. The standard InChI is InChI=1S/C26H33N3O5/c1-4-5-6-7-8-9-15-33-16-14-28-25-12-10-21(19(2)27-34-20(3)30)17-23(25)24-18-22(29(31)32)11-13-26(24)28/h10-13,17-18H,4-9,14-16H2,1-3H3/b27-19+. The molecule has 182 valence electrons. The second kappa shape index (κ2) is 12.3. The van der Waals surface area contributed by atoms with Crippen molar-refractivity contribution in [3.8, 4) is 0 Å². The lowest BCUT2D eigenvalue weighted by Gasteiger charge is -2.09. The number of oxime groups is 1. The first-order valence-corrected chi connectivity index (χ1v) is 11.9. The maximum absolute atomic E-state index is 11.4. The van der Waals surface area contributed by atoms with Crippen LogP contribution in [0.25, 0.3) is 21.8 Å². The van der Waals surface area contributed by atoms with Crippen LogP contribution in [-0.2, 0) is 20.9 Å². The molecule has 8 nitrogen and oxygen atoms in total. The van der Waals surface area contributed by atoms with Gasteiger partial charge in [-0.25, -0.2) is 4.79 Å². The van der Waals surface area contributed by atoms with Crippen LogP contribution in [0.15, 0.2) is 41.6 Å². The first-order chi connectivity index (χ1) is 16.4. The summed E-state index contributed by atoms with van der Waals surface area (Å²) in [6, 6.07) is 10.7. The minimum Gasteiger partial charge on any atom is -0.380 e. The third-order valence-corrected chi connectivity index (χ3v) is 5.89. The number of fused-ring (bicyclic) bond motifs is 3. The zero-order valence-corrected chi connectivity index (χ0v) is 20.2. The number of non-ortho nitro benzene ring substituents is 1. The van der Waals surface area contributed by atoms with Crippen LogP contribution in [0.4, 0.5) is 5.69 Å². The number of unbranched alkanes of at least 4 members (excludes halogenated alkanes) is 5. The van der Waals surface area contributed by atoms with Gasteiger partial charge in [0.25, 0.3) is 5.69 Å². The lowest BCUT2D eigenvalue weighted by Crippen LogP contribution is -2.07. The molecule has 0 bridgehead atoms. The van der Waals surface area contributed by atoms with Crippen LogP contribution in [0.2, 0.25) is 0 Å². The lowest BCUT2D eigenvalue weighted by molar-refractivity contribution is -0.384. The van der Waals surface area contributed by atoms with Gasteiger partial charge in [-0.3, -0.25) is 10.1 Å². The Hall–Kier alpha value is -3.26. The molecule has 8 heteroatoms. The van der Waals surface area contributed by atoms with Crippen molar-refractivity contribution in [3.05, 3.63) is 52.1 Å². The van der Waals surface area contributed by atoms with Gasteiger partial charge in [-0.05, 0) is 37.1 Å². The molecular formula is C26H33N3O5. The molecule has 0 saturated heterocycles. The van der Waals surface area contributed by atoms with Gasteiger partial charge in [-0.2, -0.15) is 0 Å². The van der Waals surface area contributed by atoms with E-state index in [1.807, 2.05) is 18.2 Å². The number of carbonyl (C=O) groups excluding carboxylic acids is 1. The minimum absolute atomic E-state index is 0.0431. The van der Waals surface area contributed by atoms with Gasteiger partial charge in [0.1, 0.15) is 0 Å². The van der Waals surface area contributed by atoms with Crippen LogP contribution >= 0.6 is 0 Å². The molecule has 0 unspecified atom stereocenters. The van der Waals surface area contributed by atoms with Crippen LogP contribution in [0, 0.1) is 10.1 Å². The third-order valence-electron chi connectivity index (χ3n) is 5.89. The van der Waals surface area contributed by atoms with Crippen molar-refractivity contribution in [2.24, 2.45) is 5.16 Å². The Bertz CT molecular complexity index is 1180. The first kappa shape index (κ1) is 25.4. The summed E-state index contributed by atoms with van der Waals surface area (Å²) in [7, 11) is 0. The van der Waals surface area contributed by atoms with Gasteiger partial charge in [0.15, 0.2) is 0 Å². The van der Waals surface area contributed by atoms with Crippen molar-refractivity contribution in [2.45, 2.75) is 65.8 Å². The average molecular weight is 468 g/mol. The van der Waals surface area contributed by atoms with E-state index >= 15 is 0 Å². The Kier molecular flexibility index (Phi) is 9.16. The predicted molar refractivity (Wildman–Crippen MR) is 134 cm³/mol. The van der Waals surface area contributed by atoms with Gasteiger partial charge in [0.2, 0.25) is 0 Å². The number of benzene rings is 2. The van der Waals surface area contributed by atoms with E-state index in [9.17, 15) is 14.9 Å². The normalized spacial score (nSPS) is 11.9. The van der Waals surface area contributed by atoms with Crippen molar-refractivity contribution in [3.63, 3.8) is 0 Å². The van der Waals surface area contributed by atoms with E-state index in [1.54, 1.807) is 19.1 Å². The van der Waals surface area contributed by atoms with Crippen LogP contribution in [0.1, 0.15) is 64.9 Å². The Morgan fingerprint density at radius 2 is 1.65 bits per heavy atom. The van der Waals surface area contributed by atoms with Gasteiger partial charge >= 0.3 is 5.97 Å². The number of hydrogen-bond acceptors (Lipinski definition) is 6. The lowest BCUT2D eigenvalue weighted by atomic mass is 10.1. The fourth-order valence-electron chi connectivity index (χ4n) is 4.10. The summed E-state index contributed by atoms with van der Waals surface area (Å²) < 4.78 is 8.03. The summed E-state index contributed by atoms with van der Waals surface area (Å²) in [5.74, 6) is -0.492. The first-order valence-electron chi connectivity index (χ1n) is 11.9. The van der Waals surface area contributed by atoms with Gasteiger partial charge in [-0.1, -0.05) is 50.2 Å². The van der Waals surface area contributed by atoms with Gasteiger partial charge < -0.3 is 14.1 Å². The van der Waals surface area contributed by atoms with Crippen molar-refractivity contribution in [2.75, 3.05) is 13.2 Å². The molecular weight excluding hydrogens is 434 g/mol. The third kappa shape index (κ3) is 6.41. The highest BCUT2D eigenvalue weighted by Gasteiger charge is 2.16. The zero-order chi connectivity index (χ0) is 24.5. The molecule has 0 radical (unpaired) electrons. The smallest absolute Gasteiger partial charge is 0.331 e. The van der Waals surface area contributed by atoms with E-state index < -0.39 is 5.97 Å². The number of hydrogen-bond donors (Lipinski definition) is 0. The second-order valence-electron chi connectivity index (χ2n) is 8.48. The molecule has 0 N–H and O–H groups in total. The monoisotopic (exact) mass is 467 g/mol. The highest BCUT2D eigenvalue weighted by Crippen LogP contribution is 2.32. The van der Waals surface area contributed by atoms with Crippen molar-refractivity contribution in [1.29, 1.82) is 0 Å². The molecule has 0 aliphatic rings. The molecule has 0 saturated carbocycles. The molecule has 2 aromatic carbocycles. The molecule has 0 spiro atoms. The largest absolute Gasteiger partial charge is 0.380 e. The average Bonchev–Trinajstić information content (AvgIpc) is 3.13. The highest BCUT2D eigenvalue weighted by molar-refractivity contribution is 6.12. The topological polar surface area (TPSA) is 96.0 Å². The summed E-state index contributed by atoms with van der Waals surface area (Å²) in [5, 5.41) is 16.9. The van der Waals surface area contributed by atoms with E-state index in [4.69, 9.17) is 9.57 Å². The van der Waals surface area contributed by atoms with Crippen LogP contribution in [0.5, 0.6) is 0 Å². The summed E-state index contributed by atoms with van der Waals surface area (Å²) in [6.07, 6.45) is 7.34. The number of ether oxygens (including phenoxy) is 1. The Balaban J connectivity index is 1.82. The van der Waals surface area contributed by atoms with Crippen LogP contribution < -0.4 is 0 Å². The summed E-state index contributed by atoms with van der Waals surface area (Å²) in [5.41, 5.74) is 3.24. The van der Waals surface area contributed by atoms with E-state index in [1.165, 1.54) is 45.1 Å². The van der Waals surface area contributed by atoms with E-state index in [-0.39, 0.29) is 10.6 Å². The van der Waals surface area contributed by atoms with Crippen molar-refractivity contribution >= 4 is 39.2 Å². The molecule has 3 aromatic rings. The number of nitro benzene ring substituents is 1. The quantitative estimate of drug-likeness (QED) is 0.0957. The maximum atomic E-state index is 11.4. The zero-order valence-electron chi connectivity index (χ0n) is 20.2. The van der Waals surface area contributed by atoms with E-state index in [2.05, 4.69) is 16.6 Å². The summed E-state index contributed by atoms with van der Waals surface area (Å²) >= 11 is 0. The molecule has 0 aliphatic heterocycles. The number of aromatic nitrogens is 1. The van der Waals surface area contributed by atoms with Gasteiger partial charge in [-0.15, -0.1) is 0 Å². The number of nitrogens with zero attached hydrogens (tertiary/aromatic N) is 3. The van der Waals surface area contributed by atoms with E-state index in [0.29, 0.717) is 18.9 Å². The molecule has 0 atom stereocenters. The summed E-state index contributed by atoms with van der Waals surface area (Å²) in [4.78, 5) is 26.8. The molecule has 3 rings (SSSR count). The Labute approximate surface area is 199 Å². The van der Waals surface area contributed by atoms with Crippen molar-refractivity contribution < 1.29 is 19.3 Å². The maximum Gasteiger partial charge on any atom is 0.331 e. The predicted octanol–water partition coefficient (Wildman–Crippen LogP) is 6.37. The fourth-order valence-corrected chi connectivity index (χ4v) is 4.10. The minimum atomic E-state index is -0.492. The van der Waals surface area contributed by atoms with Gasteiger partial charge in [0, 0.05) is 54.0 Å².